The topological polar surface area (TPSA) is 79.6 Å². The number of amides is 1. The number of hydrogen-bond donors (Lipinski definition) is 2. The predicted octanol–water partition coefficient (Wildman–Crippen LogP) is 0.784. The number of aliphatic hydroxyl groups is 1. The molecule has 2 heterocycles. The molecule has 7 nitrogen and oxygen atoms in total. The Balaban J connectivity index is 1.48. The van der Waals surface area contributed by atoms with Gasteiger partial charge in [0.05, 0.1) is 31.7 Å². The van der Waals surface area contributed by atoms with Crippen molar-refractivity contribution in [2.75, 3.05) is 26.3 Å². The van der Waals surface area contributed by atoms with Crippen LogP contribution in [0.4, 0.5) is 0 Å². The fourth-order valence-corrected chi connectivity index (χ4v) is 3.91. The van der Waals surface area contributed by atoms with Gasteiger partial charge in [-0.1, -0.05) is 12.8 Å². The Morgan fingerprint density at radius 1 is 1.28 bits per heavy atom. The Morgan fingerprint density at radius 3 is 2.84 bits per heavy atom. The molecule has 1 aliphatic carbocycles. The number of ether oxygens (including phenoxy) is 1. The van der Waals surface area contributed by atoms with E-state index in [1.807, 2.05) is 10.8 Å². The Kier molecular flexibility index (Phi) is 6.84. The van der Waals surface area contributed by atoms with Crippen molar-refractivity contribution in [2.24, 2.45) is 0 Å². The van der Waals surface area contributed by atoms with Crippen molar-refractivity contribution in [1.29, 1.82) is 0 Å². The van der Waals surface area contributed by atoms with Gasteiger partial charge in [-0.3, -0.25) is 9.69 Å². The van der Waals surface area contributed by atoms with E-state index in [1.165, 1.54) is 0 Å². The number of rotatable bonds is 6. The third-order valence-electron chi connectivity index (χ3n) is 5.31. The first kappa shape index (κ1) is 18.4. The molecule has 25 heavy (non-hydrogen) atoms. The lowest BCUT2D eigenvalue weighted by molar-refractivity contribution is -0.123. The van der Waals surface area contributed by atoms with Crippen LogP contribution in [0.1, 0.15) is 38.5 Å². The fraction of sp³-hybridized carbons (Fsp3) is 0.778. The summed E-state index contributed by atoms with van der Waals surface area (Å²) in [4.78, 5) is 18.6. The molecule has 1 saturated heterocycles. The van der Waals surface area contributed by atoms with Gasteiger partial charge in [0, 0.05) is 44.5 Å². The largest absolute Gasteiger partial charge is 0.389 e. The molecule has 1 saturated carbocycles. The average molecular weight is 350 g/mol. The number of hydrogen-bond acceptors (Lipinski definition) is 5. The summed E-state index contributed by atoms with van der Waals surface area (Å²) in [5.41, 5.74) is 0. The standard InChI is InChI=1S/C18H30N4O3/c23-17(6-3-8-21-9-7-19-14-21)20-15-4-1-2-5-16(18(15)24)22-10-12-25-13-11-22/h7,9,14-16,18,24H,1-6,8,10-13H2,(H,20,23)/t15-,16-,18-/m1/s1. The molecular weight excluding hydrogens is 320 g/mol. The van der Waals surface area contributed by atoms with Gasteiger partial charge in [0.15, 0.2) is 0 Å². The second kappa shape index (κ2) is 9.31. The zero-order valence-corrected chi connectivity index (χ0v) is 14.8. The summed E-state index contributed by atoms with van der Waals surface area (Å²) in [7, 11) is 0. The highest BCUT2D eigenvalue weighted by atomic mass is 16.5. The molecule has 0 spiro atoms. The SMILES string of the molecule is O=C(CCCn1ccnc1)N[C@@H]1CCCC[C@@H](N2CCOCC2)[C@@H]1O. The van der Waals surface area contributed by atoms with Gasteiger partial charge in [-0.2, -0.15) is 0 Å². The summed E-state index contributed by atoms with van der Waals surface area (Å²) < 4.78 is 7.40. The molecule has 1 amide bonds. The summed E-state index contributed by atoms with van der Waals surface area (Å²) in [6.45, 7) is 3.99. The fourth-order valence-electron chi connectivity index (χ4n) is 3.91. The normalized spacial score (nSPS) is 28.4. The van der Waals surface area contributed by atoms with Crippen LogP contribution >= 0.6 is 0 Å². The van der Waals surface area contributed by atoms with E-state index in [0.29, 0.717) is 6.42 Å². The highest BCUT2D eigenvalue weighted by Crippen LogP contribution is 2.24. The van der Waals surface area contributed by atoms with Crippen LogP contribution in [0.25, 0.3) is 0 Å². The first-order valence-corrected chi connectivity index (χ1v) is 9.49. The van der Waals surface area contributed by atoms with Gasteiger partial charge in [-0.05, 0) is 19.3 Å². The van der Waals surface area contributed by atoms with E-state index in [-0.39, 0.29) is 18.0 Å². The van der Waals surface area contributed by atoms with Crippen molar-refractivity contribution in [1.82, 2.24) is 19.8 Å². The Morgan fingerprint density at radius 2 is 2.08 bits per heavy atom. The molecule has 0 bridgehead atoms. The van der Waals surface area contributed by atoms with E-state index >= 15 is 0 Å². The van der Waals surface area contributed by atoms with Crippen molar-refractivity contribution in [3.05, 3.63) is 18.7 Å². The molecule has 0 unspecified atom stereocenters. The molecule has 2 fully saturated rings. The number of imidazole rings is 1. The third-order valence-corrected chi connectivity index (χ3v) is 5.31. The van der Waals surface area contributed by atoms with Crippen LogP contribution < -0.4 is 5.32 Å². The first-order valence-electron chi connectivity index (χ1n) is 9.49. The molecule has 140 valence electrons. The highest BCUT2D eigenvalue weighted by molar-refractivity contribution is 5.76. The second-order valence-electron chi connectivity index (χ2n) is 7.07. The number of carbonyl (C=O) groups is 1. The van der Waals surface area contributed by atoms with Crippen LogP contribution in [0.2, 0.25) is 0 Å². The van der Waals surface area contributed by atoms with Crippen LogP contribution in [0.5, 0.6) is 0 Å². The van der Waals surface area contributed by atoms with E-state index < -0.39 is 6.10 Å². The molecule has 1 aliphatic heterocycles. The molecule has 3 rings (SSSR count). The minimum absolute atomic E-state index is 0.0341. The van der Waals surface area contributed by atoms with Crippen LogP contribution in [-0.4, -0.2) is 70.0 Å². The van der Waals surface area contributed by atoms with E-state index in [1.54, 1.807) is 12.5 Å². The summed E-state index contributed by atoms with van der Waals surface area (Å²) >= 11 is 0. The monoisotopic (exact) mass is 350 g/mol. The van der Waals surface area contributed by atoms with E-state index in [4.69, 9.17) is 4.74 Å². The second-order valence-corrected chi connectivity index (χ2v) is 7.07. The number of aliphatic hydroxyl groups excluding tert-OH is 1. The lowest BCUT2D eigenvalue weighted by Gasteiger charge is -2.38. The van der Waals surface area contributed by atoms with Crippen molar-refractivity contribution >= 4 is 5.91 Å². The number of aromatic nitrogens is 2. The van der Waals surface area contributed by atoms with Crippen LogP contribution in [-0.2, 0) is 16.1 Å². The van der Waals surface area contributed by atoms with E-state index in [2.05, 4.69) is 15.2 Å². The third kappa shape index (κ3) is 5.26. The van der Waals surface area contributed by atoms with Crippen molar-refractivity contribution in [2.45, 2.75) is 63.3 Å². The van der Waals surface area contributed by atoms with Crippen molar-refractivity contribution < 1.29 is 14.6 Å². The summed E-state index contributed by atoms with van der Waals surface area (Å²) in [6, 6.07) is -0.0151. The van der Waals surface area contributed by atoms with Gasteiger partial charge >= 0.3 is 0 Å². The van der Waals surface area contributed by atoms with Gasteiger partial charge in [0.25, 0.3) is 0 Å². The molecule has 1 aromatic heterocycles. The quantitative estimate of drug-likeness (QED) is 0.742. The smallest absolute Gasteiger partial charge is 0.220 e. The first-order chi connectivity index (χ1) is 12.2. The summed E-state index contributed by atoms with van der Waals surface area (Å²) in [5, 5.41) is 14.0. The van der Waals surface area contributed by atoms with Gasteiger partial charge in [-0.25, -0.2) is 4.98 Å². The number of morpholine rings is 1. The zero-order valence-electron chi connectivity index (χ0n) is 14.8. The maximum absolute atomic E-state index is 12.3. The van der Waals surface area contributed by atoms with Crippen LogP contribution in [0, 0.1) is 0 Å². The molecular formula is C18H30N4O3. The maximum atomic E-state index is 12.3. The van der Waals surface area contributed by atoms with Gasteiger partial charge in [0.2, 0.25) is 5.91 Å². The zero-order chi connectivity index (χ0) is 17.5. The lowest BCUT2D eigenvalue weighted by atomic mass is 9.99. The maximum Gasteiger partial charge on any atom is 0.220 e. The van der Waals surface area contributed by atoms with Gasteiger partial charge in [-0.15, -0.1) is 0 Å². The van der Waals surface area contributed by atoms with Crippen molar-refractivity contribution in [3.63, 3.8) is 0 Å². The average Bonchev–Trinajstić information content (AvgIpc) is 3.08. The Labute approximate surface area is 149 Å². The number of carbonyl (C=O) groups excluding carboxylic acids is 1. The summed E-state index contributed by atoms with van der Waals surface area (Å²) in [6.07, 6.45) is 10.2. The molecule has 0 aromatic carbocycles. The van der Waals surface area contributed by atoms with Crippen molar-refractivity contribution in [3.8, 4) is 0 Å². The lowest BCUT2D eigenvalue weighted by Crippen LogP contribution is -2.55. The molecule has 0 radical (unpaired) electrons. The molecule has 7 heteroatoms. The van der Waals surface area contributed by atoms with Crippen LogP contribution in [0.15, 0.2) is 18.7 Å². The van der Waals surface area contributed by atoms with Crippen LogP contribution in [0.3, 0.4) is 0 Å². The molecule has 2 N–H and O–H groups in total. The highest BCUT2D eigenvalue weighted by Gasteiger charge is 2.35. The number of nitrogens with one attached hydrogen (secondary N) is 1. The van der Waals surface area contributed by atoms with Gasteiger partial charge in [0.1, 0.15) is 0 Å². The molecule has 1 aromatic rings. The Bertz CT molecular complexity index is 516. The minimum atomic E-state index is -0.502. The minimum Gasteiger partial charge on any atom is -0.389 e. The van der Waals surface area contributed by atoms with Gasteiger partial charge < -0.3 is 19.7 Å². The predicted molar refractivity (Wildman–Crippen MR) is 94.0 cm³/mol. The van der Waals surface area contributed by atoms with E-state index in [9.17, 15) is 9.90 Å². The number of aryl methyl sites for hydroxylation is 1. The molecule has 3 atom stereocenters. The Hall–Kier alpha value is -1.44. The van der Waals surface area contributed by atoms with E-state index in [0.717, 1.165) is 65.0 Å². The summed E-state index contributed by atoms with van der Waals surface area (Å²) in [5.74, 6) is 0.0341. The number of nitrogens with zero attached hydrogens (tertiary/aromatic N) is 3. The molecule has 2 aliphatic rings.